The normalized spacial score (nSPS) is 12.2. The third-order valence-electron chi connectivity index (χ3n) is 2.73. The van der Waals surface area contributed by atoms with E-state index in [2.05, 4.69) is 28.7 Å². The van der Waals surface area contributed by atoms with Gasteiger partial charge in [-0.1, -0.05) is 0 Å². The zero-order chi connectivity index (χ0) is 14.3. The molecule has 0 aliphatic rings. The van der Waals surface area contributed by atoms with Crippen LogP contribution in [-0.2, 0) is 11.3 Å². The summed E-state index contributed by atoms with van der Waals surface area (Å²) in [5.74, 6) is 0. The number of nitrogens with one attached hydrogen (secondary N) is 2. The maximum atomic E-state index is 5.20. The lowest BCUT2D eigenvalue weighted by Crippen LogP contribution is -2.42. The third kappa shape index (κ3) is 6.02. The molecule has 0 amide bonds. The molecule has 2 N–H and O–H groups in total. The molecular formula is C13H24N4OS. The van der Waals surface area contributed by atoms with Gasteiger partial charge >= 0.3 is 0 Å². The minimum Gasteiger partial charge on any atom is -0.383 e. The molecule has 0 aromatic carbocycles. The number of hydrogen-bond acceptors (Lipinski definition) is 3. The Morgan fingerprint density at radius 3 is 2.84 bits per heavy atom. The van der Waals surface area contributed by atoms with Crippen LogP contribution in [-0.4, -0.2) is 41.2 Å². The molecular weight excluding hydrogens is 260 g/mol. The lowest BCUT2D eigenvalue weighted by atomic mass is 10.3. The van der Waals surface area contributed by atoms with Crippen LogP contribution in [0.15, 0.2) is 6.07 Å². The van der Waals surface area contributed by atoms with Gasteiger partial charge in [0.1, 0.15) is 0 Å². The molecule has 0 bridgehead atoms. The summed E-state index contributed by atoms with van der Waals surface area (Å²) >= 11 is 5.20. The van der Waals surface area contributed by atoms with Crippen LogP contribution in [0.5, 0.6) is 0 Å². The molecule has 0 saturated heterocycles. The first kappa shape index (κ1) is 15.9. The first-order valence-corrected chi connectivity index (χ1v) is 6.98. The van der Waals surface area contributed by atoms with Gasteiger partial charge in [0, 0.05) is 31.9 Å². The average molecular weight is 284 g/mol. The minimum atomic E-state index is 0.223. The standard InChI is InChI=1S/C13H24N4OS/c1-10-8-12(3)17(16-10)7-5-6-14-13(19)15-11(2)9-18-4/h8,11H,5-7,9H2,1-4H3,(H2,14,15,19). The number of hydrogen-bond donors (Lipinski definition) is 2. The summed E-state index contributed by atoms with van der Waals surface area (Å²) in [5.41, 5.74) is 2.27. The maximum absolute atomic E-state index is 5.20. The van der Waals surface area contributed by atoms with Crippen LogP contribution in [0.4, 0.5) is 0 Å². The van der Waals surface area contributed by atoms with Crippen molar-refractivity contribution in [2.45, 2.75) is 39.8 Å². The summed E-state index contributed by atoms with van der Waals surface area (Å²) in [4.78, 5) is 0. The minimum absolute atomic E-state index is 0.223. The Morgan fingerprint density at radius 2 is 2.26 bits per heavy atom. The van der Waals surface area contributed by atoms with Crippen LogP contribution < -0.4 is 10.6 Å². The van der Waals surface area contributed by atoms with Gasteiger partial charge < -0.3 is 15.4 Å². The predicted octanol–water partition coefficient (Wildman–Crippen LogP) is 1.39. The highest BCUT2D eigenvalue weighted by atomic mass is 32.1. The lowest BCUT2D eigenvalue weighted by molar-refractivity contribution is 0.179. The molecule has 108 valence electrons. The summed E-state index contributed by atoms with van der Waals surface area (Å²) in [6, 6.07) is 2.31. The van der Waals surface area contributed by atoms with Crippen LogP contribution in [0.3, 0.4) is 0 Å². The van der Waals surface area contributed by atoms with Crippen molar-refractivity contribution >= 4 is 17.3 Å². The van der Waals surface area contributed by atoms with E-state index < -0.39 is 0 Å². The number of methoxy groups -OCH3 is 1. The van der Waals surface area contributed by atoms with Gasteiger partial charge in [-0.25, -0.2) is 0 Å². The second kappa shape index (κ2) is 8.12. The molecule has 1 atom stereocenters. The average Bonchev–Trinajstić information content (AvgIpc) is 2.63. The van der Waals surface area contributed by atoms with Gasteiger partial charge in [0.05, 0.1) is 12.3 Å². The van der Waals surface area contributed by atoms with E-state index in [1.165, 1.54) is 5.69 Å². The molecule has 0 spiro atoms. The van der Waals surface area contributed by atoms with E-state index in [0.717, 1.165) is 25.2 Å². The molecule has 1 aromatic rings. The lowest BCUT2D eigenvalue weighted by Gasteiger charge is -2.16. The Morgan fingerprint density at radius 1 is 1.53 bits per heavy atom. The third-order valence-corrected chi connectivity index (χ3v) is 2.99. The highest BCUT2D eigenvalue weighted by Gasteiger charge is 2.03. The van der Waals surface area contributed by atoms with Gasteiger partial charge in [-0.15, -0.1) is 0 Å². The van der Waals surface area contributed by atoms with Crippen molar-refractivity contribution in [3.63, 3.8) is 0 Å². The quantitative estimate of drug-likeness (QED) is 0.585. The molecule has 1 heterocycles. The zero-order valence-electron chi connectivity index (χ0n) is 12.2. The van der Waals surface area contributed by atoms with E-state index in [0.29, 0.717) is 11.7 Å². The second-order valence-electron chi connectivity index (χ2n) is 4.76. The second-order valence-corrected chi connectivity index (χ2v) is 5.17. The van der Waals surface area contributed by atoms with Crippen LogP contribution in [0.25, 0.3) is 0 Å². The fourth-order valence-electron chi connectivity index (χ4n) is 1.90. The van der Waals surface area contributed by atoms with E-state index >= 15 is 0 Å². The summed E-state index contributed by atoms with van der Waals surface area (Å²) in [6.45, 7) is 8.51. The smallest absolute Gasteiger partial charge is 0.166 e. The summed E-state index contributed by atoms with van der Waals surface area (Å²) in [5, 5.41) is 11.5. The van der Waals surface area contributed by atoms with E-state index in [9.17, 15) is 0 Å². The van der Waals surface area contributed by atoms with E-state index in [-0.39, 0.29) is 6.04 Å². The summed E-state index contributed by atoms with van der Waals surface area (Å²) in [6.07, 6.45) is 0.989. The van der Waals surface area contributed by atoms with E-state index in [1.807, 2.05) is 18.5 Å². The number of thiocarbonyl (C=S) groups is 1. The topological polar surface area (TPSA) is 51.1 Å². The molecule has 0 saturated carbocycles. The molecule has 0 aliphatic heterocycles. The van der Waals surface area contributed by atoms with Gasteiger partial charge in [-0.05, 0) is 45.5 Å². The van der Waals surface area contributed by atoms with E-state index in [1.54, 1.807) is 7.11 Å². The molecule has 1 aromatic heterocycles. The van der Waals surface area contributed by atoms with Crippen LogP contribution in [0.1, 0.15) is 24.7 Å². The Hall–Kier alpha value is -1.14. The monoisotopic (exact) mass is 284 g/mol. The molecule has 5 nitrogen and oxygen atoms in total. The van der Waals surface area contributed by atoms with Crippen molar-refractivity contribution < 1.29 is 4.74 Å². The Balaban J connectivity index is 2.17. The fraction of sp³-hybridized carbons (Fsp3) is 0.692. The molecule has 1 rings (SSSR count). The molecule has 0 aliphatic carbocycles. The van der Waals surface area contributed by atoms with Crippen molar-refractivity contribution in [3.8, 4) is 0 Å². The Bertz CT molecular complexity index is 405. The van der Waals surface area contributed by atoms with Gasteiger partial charge in [-0.3, -0.25) is 4.68 Å². The first-order chi connectivity index (χ1) is 9.02. The van der Waals surface area contributed by atoms with Crippen molar-refractivity contribution in [2.75, 3.05) is 20.3 Å². The van der Waals surface area contributed by atoms with E-state index in [4.69, 9.17) is 17.0 Å². The van der Waals surface area contributed by atoms with Gasteiger partial charge in [0.2, 0.25) is 0 Å². The number of aryl methyl sites for hydroxylation is 3. The molecule has 0 radical (unpaired) electrons. The highest BCUT2D eigenvalue weighted by Crippen LogP contribution is 2.02. The largest absolute Gasteiger partial charge is 0.383 e. The molecule has 19 heavy (non-hydrogen) atoms. The molecule has 6 heteroatoms. The first-order valence-electron chi connectivity index (χ1n) is 6.57. The summed E-state index contributed by atoms with van der Waals surface area (Å²) in [7, 11) is 1.68. The fourth-order valence-corrected chi connectivity index (χ4v) is 2.20. The summed E-state index contributed by atoms with van der Waals surface area (Å²) < 4.78 is 7.07. The predicted molar refractivity (Wildman–Crippen MR) is 81.4 cm³/mol. The molecule has 1 unspecified atom stereocenters. The van der Waals surface area contributed by atoms with Gasteiger partial charge in [0.25, 0.3) is 0 Å². The van der Waals surface area contributed by atoms with Gasteiger partial charge in [0.15, 0.2) is 5.11 Å². The Kier molecular flexibility index (Phi) is 6.80. The molecule has 0 fully saturated rings. The van der Waals surface area contributed by atoms with Crippen LogP contribution in [0.2, 0.25) is 0 Å². The zero-order valence-corrected chi connectivity index (χ0v) is 13.0. The Labute approximate surface area is 120 Å². The van der Waals surface area contributed by atoms with Crippen LogP contribution in [0, 0.1) is 13.8 Å². The van der Waals surface area contributed by atoms with Crippen LogP contribution >= 0.6 is 12.2 Å². The van der Waals surface area contributed by atoms with Crippen molar-refractivity contribution in [3.05, 3.63) is 17.5 Å². The number of rotatable bonds is 7. The van der Waals surface area contributed by atoms with Crippen molar-refractivity contribution in [2.24, 2.45) is 0 Å². The van der Waals surface area contributed by atoms with Crippen molar-refractivity contribution in [1.82, 2.24) is 20.4 Å². The number of ether oxygens (including phenoxy) is 1. The number of aromatic nitrogens is 2. The van der Waals surface area contributed by atoms with Crippen molar-refractivity contribution in [1.29, 1.82) is 0 Å². The SMILES string of the molecule is COCC(C)NC(=S)NCCCn1nc(C)cc1C. The number of nitrogens with zero attached hydrogens (tertiary/aromatic N) is 2. The highest BCUT2D eigenvalue weighted by molar-refractivity contribution is 7.80. The maximum Gasteiger partial charge on any atom is 0.166 e. The van der Waals surface area contributed by atoms with Gasteiger partial charge in [-0.2, -0.15) is 5.10 Å².